The van der Waals surface area contributed by atoms with Crippen molar-refractivity contribution in [3.8, 4) is 0 Å². The van der Waals surface area contributed by atoms with Gasteiger partial charge in [-0.2, -0.15) is 0 Å². The van der Waals surface area contributed by atoms with Crippen LogP contribution in [0.5, 0.6) is 0 Å². The van der Waals surface area contributed by atoms with Gasteiger partial charge in [-0.1, -0.05) is 12.1 Å². The van der Waals surface area contributed by atoms with E-state index >= 15 is 0 Å². The predicted octanol–water partition coefficient (Wildman–Crippen LogP) is 3.75. The summed E-state index contributed by atoms with van der Waals surface area (Å²) in [6, 6.07) is 4.94. The zero-order valence-corrected chi connectivity index (χ0v) is 16.6. The zero-order chi connectivity index (χ0) is 21.1. The van der Waals surface area contributed by atoms with Crippen LogP contribution in [0.2, 0.25) is 0 Å². The first-order chi connectivity index (χ1) is 13.8. The first kappa shape index (κ1) is 20.5. The molecule has 29 heavy (non-hydrogen) atoms. The Bertz CT molecular complexity index is 903. The molecule has 2 aliphatic rings. The summed E-state index contributed by atoms with van der Waals surface area (Å²) in [5, 5.41) is 11.6. The number of hydrogen-bond donors (Lipinski definition) is 0. The molecule has 9 nitrogen and oxygen atoms in total. The lowest BCUT2D eigenvalue weighted by molar-refractivity contribution is -0.385. The highest BCUT2D eigenvalue weighted by atomic mass is 16.6. The normalized spacial score (nSPS) is 18.9. The third-order valence-electron chi connectivity index (χ3n) is 4.86. The summed E-state index contributed by atoms with van der Waals surface area (Å²) in [6.07, 6.45) is 1.27. The molecule has 9 heteroatoms. The predicted molar refractivity (Wildman–Crippen MR) is 104 cm³/mol. The third kappa shape index (κ3) is 4.28. The lowest BCUT2D eigenvalue weighted by Crippen LogP contribution is -2.44. The number of carbonyl (C=O) groups excluding carboxylic acids is 2. The molecule has 1 aromatic rings. The molecular weight excluding hydrogens is 378 g/mol. The van der Waals surface area contributed by atoms with Gasteiger partial charge in [0, 0.05) is 6.07 Å². The number of benzene rings is 1. The van der Waals surface area contributed by atoms with Crippen LogP contribution in [-0.2, 0) is 14.3 Å². The van der Waals surface area contributed by atoms with Gasteiger partial charge in [-0.3, -0.25) is 15.0 Å². The van der Waals surface area contributed by atoms with Crippen LogP contribution in [0.15, 0.2) is 40.5 Å². The van der Waals surface area contributed by atoms with Gasteiger partial charge in [-0.05, 0) is 45.6 Å². The van der Waals surface area contributed by atoms with Crippen molar-refractivity contribution in [3.05, 3.63) is 51.2 Å². The van der Waals surface area contributed by atoms with E-state index in [4.69, 9.17) is 9.47 Å². The summed E-state index contributed by atoms with van der Waals surface area (Å²) >= 11 is 0. The number of nitro benzene ring substituents is 1. The number of amidine groups is 1. The molecule has 154 valence electrons. The molecular formula is C20H23N3O6. The lowest BCUT2D eigenvalue weighted by atomic mass is 9.93. The van der Waals surface area contributed by atoms with Crippen LogP contribution >= 0.6 is 0 Å². The average molecular weight is 401 g/mol. The summed E-state index contributed by atoms with van der Waals surface area (Å²) in [7, 11) is 0. The smallest absolute Gasteiger partial charge is 0.416 e. The number of carbonyl (C=O) groups is 2. The zero-order valence-electron chi connectivity index (χ0n) is 16.6. The minimum absolute atomic E-state index is 0.0959. The van der Waals surface area contributed by atoms with Crippen LogP contribution in [-0.4, -0.2) is 40.9 Å². The maximum atomic E-state index is 12.9. The van der Waals surface area contributed by atoms with E-state index in [-0.39, 0.29) is 35.9 Å². The summed E-state index contributed by atoms with van der Waals surface area (Å²) < 4.78 is 10.6. The van der Waals surface area contributed by atoms with Crippen molar-refractivity contribution in [3.63, 3.8) is 0 Å². The Morgan fingerprint density at radius 3 is 2.55 bits per heavy atom. The number of nitro groups is 1. The van der Waals surface area contributed by atoms with E-state index < -0.39 is 23.0 Å². The van der Waals surface area contributed by atoms with E-state index in [0.717, 1.165) is 12.8 Å². The Labute approximate surface area is 168 Å². The highest BCUT2D eigenvalue weighted by molar-refractivity contribution is 6.01. The molecule has 0 aromatic heterocycles. The molecule has 1 aliphatic heterocycles. The molecule has 1 aromatic carbocycles. The molecule has 1 amide bonds. The highest BCUT2D eigenvalue weighted by Gasteiger charge is 2.42. The first-order valence-electron chi connectivity index (χ1n) is 9.47. The minimum atomic E-state index is -1.07. The Morgan fingerprint density at radius 2 is 1.93 bits per heavy atom. The first-order valence-corrected chi connectivity index (χ1v) is 9.47. The molecule has 3 rings (SSSR count). The minimum Gasteiger partial charge on any atom is -0.462 e. The summed E-state index contributed by atoms with van der Waals surface area (Å²) in [4.78, 5) is 42.2. The van der Waals surface area contributed by atoms with Crippen molar-refractivity contribution in [1.82, 2.24) is 4.90 Å². The van der Waals surface area contributed by atoms with Gasteiger partial charge in [-0.25, -0.2) is 14.6 Å². The fourth-order valence-corrected chi connectivity index (χ4v) is 3.30. The molecule has 0 bridgehead atoms. The van der Waals surface area contributed by atoms with Crippen molar-refractivity contribution in [1.29, 1.82) is 0 Å². The topological polar surface area (TPSA) is 111 Å². The van der Waals surface area contributed by atoms with E-state index in [0.29, 0.717) is 11.6 Å². The summed E-state index contributed by atoms with van der Waals surface area (Å²) in [6.45, 7) is 5.26. The molecule has 0 spiro atoms. The number of nitrogens with zero attached hydrogens (tertiary/aromatic N) is 3. The summed E-state index contributed by atoms with van der Waals surface area (Å²) in [5.74, 6) is -0.00898. The van der Waals surface area contributed by atoms with Crippen LogP contribution < -0.4 is 0 Å². The molecule has 0 N–H and O–H groups in total. The number of ether oxygens (including phenoxy) is 2. The van der Waals surface area contributed by atoms with E-state index in [2.05, 4.69) is 4.99 Å². The van der Waals surface area contributed by atoms with E-state index in [1.807, 2.05) is 0 Å². The molecule has 1 heterocycles. The fourth-order valence-electron chi connectivity index (χ4n) is 3.30. The van der Waals surface area contributed by atoms with Crippen molar-refractivity contribution in [2.45, 2.75) is 39.7 Å². The number of hydrogen-bond acceptors (Lipinski definition) is 7. The largest absolute Gasteiger partial charge is 0.462 e. The Balaban J connectivity index is 2.11. The van der Waals surface area contributed by atoms with Gasteiger partial charge in [0.15, 0.2) is 0 Å². The second-order valence-corrected chi connectivity index (χ2v) is 6.99. The maximum absolute atomic E-state index is 12.9. The number of rotatable bonds is 6. The molecule has 1 fully saturated rings. The van der Waals surface area contributed by atoms with Crippen LogP contribution in [0.25, 0.3) is 0 Å². The van der Waals surface area contributed by atoms with Crippen LogP contribution in [0.3, 0.4) is 0 Å². The van der Waals surface area contributed by atoms with Gasteiger partial charge in [0.2, 0.25) is 0 Å². The molecule has 1 saturated carbocycles. The number of para-hydroxylation sites is 1. The molecule has 1 unspecified atom stereocenters. The third-order valence-corrected chi connectivity index (χ3v) is 4.86. The Kier molecular flexibility index (Phi) is 5.95. The van der Waals surface area contributed by atoms with Gasteiger partial charge < -0.3 is 9.47 Å². The Hall–Kier alpha value is -3.23. The van der Waals surface area contributed by atoms with Crippen molar-refractivity contribution in [2.24, 2.45) is 10.9 Å². The van der Waals surface area contributed by atoms with Gasteiger partial charge >= 0.3 is 12.1 Å². The van der Waals surface area contributed by atoms with Crippen molar-refractivity contribution < 1.29 is 24.0 Å². The van der Waals surface area contributed by atoms with Crippen molar-refractivity contribution >= 4 is 23.6 Å². The molecule has 0 saturated heterocycles. The Morgan fingerprint density at radius 1 is 1.24 bits per heavy atom. The van der Waals surface area contributed by atoms with E-state index in [9.17, 15) is 19.7 Å². The molecule has 0 radical (unpaired) electrons. The average Bonchev–Trinajstić information content (AvgIpc) is 3.50. The molecule has 1 atom stereocenters. The second-order valence-electron chi connectivity index (χ2n) is 6.99. The van der Waals surface area contributed by atoms with Crippen LogP contribution in [0, 0.1) is 16.0 Å². The second kappa shape index (κ2) is 8.42. The van der Waals surface area contributed by atoms with E-state index in [1.54, 1.807) is 26.8 Å². The standard InChI is InChI=1S/C20H23N3O6/c1-4-28-20(25)22-13(3)21-12(2)17(19(24)29-11-14-9-10-14)18(22)15-7-5-6-8-16(15)23(26)27/h5-8,14,18H,4,9-11H2,1-3H3. The van der Waals surface area contributed by atoms with Crippen molar-refractivity contribution in [2.75, 3.05) is 13.2 Å². The highest BCUT2D eigenvalue weighted by Crippen LogP contribution is 2.40. The SMILES string of the molecule is CCOC(=O)N1C(C)=NC(C)=C(C(=O)OCC2CC2)C1c1ccccc1[N+](=O)[O-]. The van der Waals surface area contributed by atoms with Gasteiger partial charge in [-0.15, -0.1) is 0 Å². The fraction of sp³-hybridized carbons (Fsp3) is 0.450. The van der Waals surface area contributed by atoms with Gasteiger partial charge in [0.25, 0.3) is 5.69 Å². The van der Waals surface area contributed by atoms with E-state index in [1.165, 1.54) is 23.1 Å². The number of aliphatic imine (C=N–C) groups is 1. The number of allylic oxidation sites excluding steroid dienone is 1. The number of amides is 1. The van der Waals surface area contributed by atoms with Gasteiger partial charge in [0.05, 0.1) is 35.0 Å². The molecule has 1 aliphatic carbocycles. The van der Waals surface area contributed by atoms with Gasteiger partial charge in [0.1, 0.15) is 11.9 Å². The summed E-state index contributed by atoms with van der Waals surface area (Å²) in [5.41, 5.74) is 0.435. The lowest BCUT2D eigenvalue weighted by Gasteiger charge is -2.35. The van der Waals surface area contributed by atoms with Crippen LogP contribution in [0.1, 0.15) is 45.2 Å². The quantitative estimate of drug-likeness (QED) is 0.408. The number of esters is 1. The monoisotopic (exact) mass is 401 g/mol. The van der Waals surface area contributed by atoms with Crippen LogP contribution in [0.4, 0.5) is 10.5 Å². The maximum Gasteiger partial charge on any atom is 0.416 e.